The summed E-state index contributed by atoms with van der Waals surface area (Å²) in [7, 11) is 0. The Labute approximate surface area is 129 Å². The minimum absolute atomic E-state index is 0.452. The molecule has 1 aliphatic heterocycles. The first kappa shape index (κ1) is 13.4. The Bertz CT molecular complexity index is 660. The van der Waals surface area contributed by atoms with Gasteiger partial charge < -0.3 is 10.1 Å². The van der Waals surface area contributed by atoms with E-state index in [2.05, 4.69) is 16.4 Å². The van der Waals surface area contributed by atoms with Crippen LogP contribution in [0.3, 0.4) is 0 Å². The molecule has 3 nitrogen and oxygen atoms in total. The summed E-state index contributed by atoms with van der Waals surface area (Å²) in [5.41, 5.74) is 2.12. The molecule has 21 heavy (non-hydrogen) atoms. The van der Waals surface area contributed by atoms with E-state index in [0.717, 1.165) is 28.2 Å². The number of benzene rings is 1. The fraction of sp³-hybridized carbons (Fsp3) is 0.471. The van der Waals surface area contributed by atoms with Gasteiger partial charge in [-0.15, -0.1) is 0 Å². The lowest BCUT2D eigenvalue weighted by Crippen LogP contribution is -2.38. The van der Waals surface area contributed by atoms with Crippen molar-refractivity contribution in [3.63, 3.8) is 0 Å². The summed E-state index contributed by atoms with van der Waals surface area (Å²) < 4.78 is 5.86. The molecule has 1 N–H and O–H groups in total. The zero-order valence-electron chi connectivity index (χ0n) is 11.9. The van der Waals surface area contributed by atoms with Crippen LogP contribution >= 0.6 is 11.6 Å². The van der Waals surface area contributed by atoms with Crippen LogP contribution in [0.5, 0.6) is 0 Å². The predicted octanol–water partition coefficient (Wildman–Crippen LogP) is 4.26. The first-order chi connectivity index (χ1) is 10.3. The summed E-state index contributed by atoms with van der Waals surface area (Å²) in [6.07, 6.45) is 7.16. The number of pyridine rings is 1. The number of aromatic nitrogens is 1. The number of hydrogen-bond donors (Lipinski definition) is 1. The normalized spacial score (nSPS) is 28.5. The topological polar surface area (TPSA) is 34.2 Å². The monoisotopic (exact) mass is 302 g/mol. The van der Waals surface area contributed by atoms with Crippen molar-refractivity contribution in [3.05, 3.63) is 35.5 Å². The molecule has 0 amide bonds. The lowest BCUT2D eigenvalue weighted by atomic mass is 9.81. The molecule has 110 valence electrons. The van der Waals surface area contributed by atoms with Crippen molar-refractivity contribution in [2.24, 2.45) is 5.92 Å². The van der Waals surface area contributed by atoms with Gasteiger partial charge in [-0.1, -0.05) is 11.6 Å². The summed E-state index contributed by atoms with van der Waals surface area (Å²) in [6.45, 7) is 0.913. The quantitative estimate of drug-likeness (QED) is 0.900. The lowest BCUT2D eigenvalue weighted by Gasteiger charge is -2.34. The molecule has 0 bridgehead atoms. The van der Waals surface area contributed by atoms with Crippen LogP contribution in [-0.4, -0.2) is 23.7 Å². The molecule has 1 aromatic carbocycles. The van der Waals surface area contributed by atoms with Gasteiger partial charge >= 0.3 is 0 Å². The van der Waals surface area contributed by atoms with Gasteiger partial charge in [-0.2, -0.15) is 0 Å². The molecular weight excluding hydrogens is 284 g/mol. The maximum atomic E-state index is 6.15. The second-order valence-corrected chi connectivity index (χ2v) is 6.50. The van der Waals surface area contributed by atoms with Crippen molar-refractivity contribution in [2.75, 3.05) is 11.9 Å². The van der Waals surface area contributed by atoms with Crippen LogP contribution in [0.1, 0.15) is 25.7 Å². The van der Waals surface area contributed by atoms with Crippen LogP contribution < -0.4 is 5.32 Å². The van der Waals surface area contributed by atoms with Crippen LogP contribution in [0.25, 0.3) is 10.9 Å². The van der Waals surface area contributed by atoms with Gasteiger partial charge in [0.15, 0.2) is 0 Å². The maximum Gasteiger partial charge on any atom is 0.0723 e. The zero-order chi connectivity index (χ0) is 14.2. The van der Waals surface area contributed by atoms with Crippen LogP contribution in [0.4, 0.5) is 5.69 Å². The minimum Gasteiger partial charge on any atom is -0.381 e. The average molecular weight is 303 g/mol. The Morgan fingerprint density at radius 1 is 1.19 bits per heavy atom. The van der Waals surface area contributed by atoms with Gasteiger partial charge in [0.25, 0.3) is 0 Å². The van der Waals surface area contributed by atoms with E-state index in [0.29, 0.717) is 18.1 Å². The zero-order valence-corrected chi connectivity index (χ0v) is 12.6. The molecule has 4 rings (SSSR count). The molecule has 4 heteroatoms. The summed E-state index contributed by atoms with van der Waals surface area (Å²) >= 11 is 6.15. The molecule has 1 saturated carbocycles. The summed E-state index contributed by atoms with van der Waals surface area (Å²) in [5.74, 6) is 0.640. The van der Waals surface area contributed by atoms with Gasteiger partial charge in [0.2, 0.25) is 0 Å². The van der Waals surface area contributed by atoms with E-state index in [1.165, 1.54) is 25.7 Å². The van der Waals surface area contributed by atoms with E-state index in [1.54, 1.807) is 0 Å². The molecule has 3 unspecified atom stereocenters. The van der Waals surface area contributed by atoms with Crippen molar-refractivity contribution in [3.8, 4) is 0 Å². The minimum atomic E-state index is 0.452. The summed E-state index contributed by atoms with van der Waals surface area (Å²) in [6, 6.07) is 8.42. The third-order valence-electron chi connectivity index (χ3n) is 4.83. The number of fused-ring (bicyclic) bond motifs is 2. The highest BCUT2D eigenvalue weighted by molar-refractivity contribution is 6.31. The van der Waals surface area contributed by atoms with Gasteiger partial charge in [0.05, 0.1) is 11.6 Å². The van der Waals surface area contributed by atoms with E-state index in [9.17, 15) is 0 Å². The standard InChI is InChI=1S/C17H19ClN2O/c18-11-4-5-14-13(10-11)16(6-8-19-14)20-15-2-1-3-17-12(15)7-9-21-17/h4-6,8,10,12,15,17H,1-3,7,9H2,(H,19,20). The van der Waals surface area contributed by atoms with Gasteiger partial charge in [-0.3, -0.25) is 4.98 Å². The molecule has 0 spiro atoms. The highest BCUT2D eigenvalue weighted by Gasteiger charge is 2.37. The Morgan fingerprint density at radius 3 is 3.10 bits per heavy atom. The summed E-state index contributed by atoms with van der Waals surface area (Å²) in [4.78, 5) is 4.42. The van der Waals surface area contributed by atoms with Gasteiger partial charge in [-0.05, 0) is 49.9 Å². The second kappa shape index (κ2) is 5.47. The Kier molecular flexibility index (Phi) is 3.48. The molecule has 0 radical (unpaired) electrons. The molecule has 1 aliphatic carbocycles. The van der Waals surface area contributed by atoms with E-state index >= 15 is 0 Å². The molecular formula is C17H19ClN2O. The number of ether oxygens (including phenoxy) is 1. The maximum absolute atomic E-state index is 6.15. The highest BCUT2D eigenvalue weighted by atomic mass is 35.5. The van der Waals surface area contributed by atoms with Crippen molar-refractivity contribution in [1.82, 2.24) is 4.98 Å². The number of anilines is 1. The largest absolute Gasteiger partial charge is 0.381 e. The number of rotatable bonds is 2. The molecule has 1 aromatic heterocycles. The molecule has 2 heterocycles. The third kappa shape index (κ3) is 2.49. The summed E-state index contributed by atoms with van der Waals surface area (Å²) in [5, 5.41) is 5.60. The SMILES string of the molecule is Clc1ccc2nccc(NC3CCCC4OCCC34)c2c1. The smallest absolute Gasteiger partial charge is 0.0723 e. The van der Waals surface area contributed by atoms with Crippen molar-refractivity contribution >= 4 is 28.2 Å². The Balaban J connectivity index is 1.66. The van der Waals surface area contributed by atoms with Crippen molar-refractivity contribution < 1.29 is 4.74 Å². The number of hydrogen-bond acceptors (Lipinski definition) is 3. The van der Waals surface area contributed by atoms with E-state index in [1.807, 2.05) is 24.4 Å². The third-order valence-corrected chi connectivity index (χ3v) is 5.06. The fourth-order valence-corrected chi connectivity index (χ4v) is 3.97. The van der Waals surface area contributed by atoms with E-state index in [-0.39, 0.29) is 0 Å². The fourth-order valence-electron chi connectivity index (χ4n) is 3.80. The molecule has 1 saturated heterocycles. The second-order valence-electron chi connectivity index (χ2n) is 6.06. The predicted molar refractivity (Wildman–Crippen MR) is 85.9 cm³/mol. The van der Waals surface area contributed by atoms with E-state index in [4.69, 9.17) is 16.3 Å². The molecule has 2 fully saturated rings. The average Bonchev–Trinajstić information content (AvgIpc) is 2.97. The molecule has 2 aromatic rings. The van der Waals surface area contributed by atoms with Gasteiger partial charge in [0, 0.05) is 40.9 Å². The number of nitrogens with one attached hydrogen (secondary N) is 1. The van der Waals surface area contributed by atoms with Crippen LogP contribution in [0, 0.1) is 5.92 Å². The lowest BCUT2D eigenvalue weighted by molar-refractivity contribution is 0.0620. The first-order valence-corrected chi connectivity index (χ1v) is 8.11. The highest BCUT2D eigenvalue weighted by Crippen LogP contribution is 2.37. The van der Waals surface area contributed by atoms with Crippen molar-refractivity contribution in [2.45, 2.75) is 37.8 Å². The van der Waals surface area contributed by atoms with Crippen LogP contribution in [-0.2, 0) is 4.74 Å². The van der Waals surface area contributed by atoms with E-state index < -0.39 is 0 Å². The first-order valence-electron chi connectivity index (χ1n) is 7.74. The van der Waals surface area contributed by atoms with Crippen LogP contribution in [0.2, 0.25) is 5.02 Å². The Hall–Kier alpha value is -1.32. The number of nitrogens with zero attached hydrogens (tertiary/aromatic N) is 1. The van der Waals surface area contributed by atoms with Gasteiger partial charge in [-0.25, -0.2) is 0 Å². The Morgan fingerprint density at radius 2 is 2.14 bits per heavy atom. The number of halogens is 1. The molecule has 2 aliphatic rings. The van der Waals surface area contributed by atoms with Crippen LogP contribution in [0.15, 0.2) is 30.5 Å². The van der Waals surface area contributed by atoms with Crippen molar-refractivity contribution in [1.29, 1.82) is 0 Å². The van der Waals surface area contributed by atoms with Gasteiger partial charge in [0.1, 0.15) is 0 Å². The molecule has 3 atom stereocenters.